The lowest BCUT2D eigenvalue weighted by Gasteiger charge is -2.25. The van der Waals surface area contributed by atoms with Gasteiger partial charge in [0.2, 0.25) is 0 Å². The van der Waals surface area contributed by atoms with Gasteiger partial charge in [-0.25, -0.2) is 9.13 Å². The standard InChI is InChI=1S/C40H44N4/c1-5-43(39-19-15-33(16-20-39)7-9-35-23-27-41(3)28-24-35)31-37-11-13-38(14-12-37)32-44(6-2)40-21-17-34(18-22-40)8-10-36-25-29-42(4)30-26-36/h7-30H,5-6,31-32H2,1-4H3/q+2. The highest BCUT2D eigenvalue weighted by Crippen LogP contribution is 2.22. The summed E-state index contributed by atoms with van der Waals surface area (Å²) in [5, 5.41) is 0. The van der Waals surface area contributed by atoms with E-state index in [2.05, 4.69) is 170 Å². The molecule has 0 aliphatic rings. The van der Waals surface area contributed by atoms with Crippen LogP contribution in [0.15, 0.2) is 122 Å². The molecular formula is C40H44N4+2. The molecule has 0 atom stereocenters. The first-order valence-electron chi connectivity index (χ1n) is 15.5. The number of rotatable bonds is 12. The summed E-state index contributed by atoms with van der Waals surface area (Å²) in [6, 6.07) is 35.3. The first-order valence-corrected chi connectivity index (χ1v) is 15.5. The molecule has 0 saturated carbocycles. The molecule has 4 nitrogen and oxygen atoms in total. The number of aromatic nitrogens is 2. The Morgan fingerprint density at radius 2 is 0.727 bits per heavy atom. The molecule has 0 radical (unpaired) electrons. The average molecular weight is 581 g/mol. The summed E-state index contributed by atoms with van der Waals surface area (Å²) in [6.45, 7) is 8.13. The highest BCUT2D eigenvalue weighted by molar-refractivity contribution is 5.71. The number of anilines is 2. The minimum absolute atomic E-state index is 0.890. The van der Waals surface area contributed by atoms with E-state index in [0.717, 1.165) is 26.2 Å². The summed E-state index contributed by atoms with van der Waals surface area (Å²) >= 11 is 0. The first kappa shape index (κ1) is 30.5. The van der Waals surface area contributed by atoms with Crippen molar-refractivity contribution < 1.29 is 9.13 Å². The fraction of sp³-hybridized carbons (Fsp3) is 0.200. The molecule has 2 aromatic heterocycles. The molecule has 2 heterocycles. The zero-order valence-electron chi connectivity index (χ0n) is 26.5. The Hall–Kier alpha value is -4.96. The van der Waals surface area contributed by atoms with Crippen LogP contribution >= 0.6 is 0 Å². The van der Waals surface area contributed by atoms with Gasteiger partial charge in [0.1, 0.15) is 14.1 Å². The van der Waals surface area contributed by atoms with Crippen LogP contribution in [0, 0.1) is 0 Å². The van der Waals surface area contributed by atoms with Crippen molar-refractivity contribution in [3.63, 3.8) is 0 Å². The van der Waals surface area contributed by atoms with Crippen molar-refractivity contribution >= 4 is 35.7 Å². The third kappa shape index (κ3) is 8.54. The average Bonchev–Trinajstić information content (AvgIpc) is 3.07. The number of aryl methyl sites for hydroxylation is 2. The number of hydrogen-bond donors (Lipinski definition) is 0. The number of pyridine rings is 2. The highest BCUT2D eigenvalue weighted by atomic mass is 15.1. The van der Waals surface area contributed by atoms with Crippen LogP contribution in [-0.4, -0.2) is 13.1 Å². The van der Waals surface area contributed by atoms with Gasteiger partial charge < -0.3 is 9.80 Å². The Kier molecular flexibility index (Phi) is 10.4. The molecule has 0 aliphatic heterocycles. The highest BCUT2D eigenvalue weighted by Gasteiger charge is 2.08. The second-order valence-electron chi connectivity index (χ2n) is 11.3. The minimum atomic E-state index is 0.890. The van der Waals surface area contributed by atoms with Crippen LogP contribution < -0.4 is 18.9 Å². The van der Waals surface area contributed by atoms with Gasteiger partial charge in [0, 0.05) is 61.8 Å². The number of benzene rings is 3. The summed E-state index contributed by atoms with van der Waals surface area (Å²) in [4.78, 5) is 4.84. The molecule has 0 saturated heterocycles. The van der Waals surface area contributed by atoms with E-state index < -0.39 is 0 Å². The van der Waals surface area contributed by atoms with E-state index in [4.69, 9.17) is 0 Å². The molecule has 44 heavy (non-hydrogen) atoms. The van der Waals surface area contributed by atoms with Gasteiger partial charge in [0.25, 0.3) is 0 Å². The van der Waals surface area contributed by atoms with Crippen LogP contribution in [0.3, 0.4) is 0 Å². The monoisotopic (exact) mass is 580 g/mol. The van der Waals surface area contributed by atoms with E-state index in [-0.39, 0.29) is 0 Å². The van der Waals surface area contributed by atoms with Crippen molar-refractivity contribution in [3.05, 3.63) is 155 Å². The SMILES string of the molecule is CCN(Cc1ccc(CN(CC)c2ccc(C=Cc3cc[n+](C)cc3)cc2)cc1)c1ccc(C=Cc2cc[n+](C)cc2)cc1. The van der Waals surface area contributed by atoms with Gasteiger partial charge in [-0.05, 0) is 71.5 Å². The molecule has 0 spiro atoms. The fourth-order valence-corrected chi connectivity index (χ4v) is 5.19. The molecule has 3 aromatic carbocycles. The molecule has 0 aliphatic carbocycles. The number of hydrogen-bond acceptors (Lipinski definition) is 2. The molecule has 0 N–H and O–H groups in total. The first-order chi connectivity index (χ1) is 21.5. The third-order valence-corrected chi connectivity index (χ3v) is 7.99. The van der Waals surface area contributed by atoms with E-state index in [1.54, 1.807) is 0 Å². The summed E-state index contributed by atoms with van der Waals surface area (Å²) in [5.74, 6) is 0. The van der Waals surface area contributed by atoms with E-state index in [1.807, 2.05) is 23.2 Å². The summed E-state index contributed by atoms with van der Waals surface area (Å²) in [5.41, 5.74) is 9.94. The Labute approximate surface area is 263 Å². The summed E-state index contributed by atoms with van der Waals surface area (Å²) in [7, 11) is 4.07. The molecule has 5 rings (SSSR count). The summed E-state index contributed by atoms with van der Waals surface area (Å²) < 4.78 is 4.09. The van der Waals surface area contributed by atoms with Crippen molar-refractivity contribution in [3.8, 4) is 0 Å². The number of nitrogens with zero attached hydrogens (tertiary/aromatic N) is 4. The third-order valence-electron chi connectivity index (χ3n) is 7.99. The molecule has 0 amide bonds. The Morgan fingerprint density at radius 1 is 0.432 bits per heavy atom. The second-order valence-corrected chi connectivity index (χ2v) is 11.3. The largest absolute Gasteiger partial charge is 0.367 e. The van der Waals surface area contributed by atoms with Crippen molar-refractivity contribution in [2.24, 2.45) is 14.1 Å². The van der Waals surface area contributed by atoms with Crippen LogP contribution in [-0.2, 0) is 27.2 Å². The maximum atomic E-state index is 2.42. The maximum absolute atomic E-state index is 2.42. The van der Waals surface area contributed by atoms with Crippen molar-refractivity contribution in [2.75, 3.05) is 22.9 Å². The van der Waals surface area contributed by atoms with Crippen molar-refractivity contribution in [1.29, 1.82) is 0 Å². The molecule has 0 bridgehead atoms. The Balaban J connectivity index is 1.16. The maximum Gasteiger partial charge on any atom is 0.169 e. The lowest BCUT2D eigenvalue weighted by Crippen LogP contribution is -2.25. The van der Waals surface area contributed by atoms with E-state index in [0.29, 0.717) is 0 Å². The minimum Gasteiger partial charge on any atom is -0.367 e. The van der Waals surface area contributed by atoms with Gasteiger partial charge >= 0.3 is 0 Å². The molecule has 5 aromatic rings. The van der Waals surface area contributed by atoms with Gasteiger partial charge in [-0.2, -0.15) is 0 Å². The second kappa shape index (κ2) is 15.0. The van der Waals surface area contributed by atoms with Crippen LogP contribution in [0.4, 0.5) is 11.4 Å². The molecule has 0 fully saturated rings. The topological polar surface area (TPSA) is 14.2 Å². The van der Waals surface area contributed by atoms with Gasteiger partial charge in [-0.15, -0.1) is 0 Å². The van der Waals surface area contributed by atoms with Crippen LogP contribution in [0.25, 0.3) is 24.3 Å². The van der Waals surface area contributed by atoms with Crippen LogP contribution in [0.2, 0.25) is 0 Å². The van der Waals surface area contributed by atoms with Crippen molar-refractivity contribution in [2.45, 2.75) is 26.9 Å². The van der Waals surface area contributed by atoms with E-state index in [1.165, 1.54) is 44.8 Å². The fourth-order valence-electron chi connectivity index (χ4n) is 5.19. The van der Waals surface area contributed by atoms with Gasteiger partial charge in [0.15, 0.2) is 24.8 Å². The zero-order chi connectivity index (χ0) is 30.7. The van der Waals surface area contributed by atoms with Gasteiger partial charge in [-0.1, -0.05) is 72.8 Å². The lowest BCUT2D eigenvalue weighted by atomic mass is 10.1. The van der Waals surface area contributed by atoms with E-state index in [9.17, 15) is 0 Å². The van der Waals surface area contributed by atoms with Gasteiger partial charge in [-0.3, -0.25) is 0 Å². The van der Waals surface area contributed by atoms with Crippen LogP contribution in [0.1, 0.15) is 47.2 Å². The predicted octanol–water partition coefficient (Wildman–Crippen LogP) is 7.73. The van der Waals surface area contributed by atoms with Crippen LogP contribution in [0.5, 0.6) is 0 Å². The lowest BCUT2D eigenvalue weighted by molar-refractivity contribution is -0.671. The molecular weight excluding hydrogens is 536 g/mol. The molecule has 0 unspecified atom stereocenters. The predicted molar refractivity (Wildman–Crippen MR) is 186 cm³/mol. The molecule has 222 valence electrons. The quantitative estimate of drug-likeness (QED) is 0.140. The van der Waals surface area contributed by atoms with E-state index >= 15 is 0 Å². The summed E-state index contributed by atoms with van der Waals surface area (Å²) in [6.07, 6.45) is 16.9. The molecule has 4 heteroatoms. The smallest absolute Gasteiger partial charge is 0.169 e. The Morgan fingerprint density at radius 3 is 1.02 bits per heavy atom. The van der Waals surface area contributed by atoms with Crippen molar-refractivity contribution in [1.82, 2.24) is 0 Å². The Bertz CT molecular complexity index is 1520. The van der Waals surface area contributed by atoms with Gasteiger partial charge in [0.05, 0.1) is 0 Å². The zero-order valence-corrected chi connectivity index (χ0v) is 26.5. The normalized spacial score (nSPS) is 11.4.